The van der Waals surface area contributed by atoms with Crippen molar-refractivity contribution >= 4 is 0 Å². The van der Waals surface area contributed by atoms with Crippen LogP contribution in [0.15, 0.2) is 4.52 Å². The van der Waals surface area contributed by atoms with Crippen LogP contribution in [0.4, 0.5) is 22.0 Å². The van der Waals surface area contributed by atoms with E-state index in [9.17, 15) is 22.0 Å². The second-order valence-corrected chi connectivity index (χ2v) is 4.05. The normalized spacial score (nSPS) is 19.2. The average molecular weight is 271 g/mol. The Bertz CT molecular complexity index is 411. The van der Waals surface area contributed by atoms with E-state index in [1.54, 1.807) is 0 Å². The monoisotopic (exact) mass is 271 g/mol. The first-order valence-corrected chi connectivity index (χ1v) is 5.31. The zero-order valence-corrected chi connectivity index (χ0v) is 9.10. The van der Waals surface area contributed by atoms with Crippen molar-refractivity contribution in [1.82, 2.24) is 15.5 Å². The summed E-state index contributed by atoms with van der Waals surface area (Å²) in [5.41, 5.74) is 0. The Morgan fingerprint density at radius 3 is 2.28 bits per heavy atom. The molecule has 1 aromatic rings. The number of aromatic nitrogens is 2. The number of nitrogens with one attached hydrogen (secondary N) is 1. The highest BCUT2D eigenvalue weighted by Crippen LogP contribution is 2.43. The lowest BCUT2D eigenvalue weighted by Crippen LogP contribution is -2.34. The van der Waals surface area contributed by atoms with Crippen LogP contribution in [0, 0.1) is 0 Å². The number of rotatable bonds is 2. The molecule has 1 aliphatic rings. The molecule has 0 amide bonds. The maximum Gasteiger partial charge on any atom is 0.463 e. The molecule has 2 heterocycles. The Morgan fingerprint density at radius 1 is 1.11 bits per heavy atom. The first-order valence-electron chi connectivity index (χ1n) is 5.31. The number of nitrogens with zero attached hydrogens (tertiary/aromatic N) is 2. The van der Waals surface area contributed by atoms with Crippen LogP contribution < -0.4 is 5.32 Å². The fourth-order valence-corrected chi connectivity index (χ4v) is 1.73. The summed E-state index contributed by atoms with van der Waals surface area (Å²) in [6.07, 6.45) is -4.57. The van der Waals surface area contributed by atoms with Gasteiger partial charge >= 0.3 is 18.0 Å². The molecule has 1 aliphatic heterocycles. The fraction of sp³-hybridized carbons (Fsp3) is 0.778. The van der Waals surface area contributed by atoms with E-state index in [1.165, 1.54) is 0 Å². The zero-order valence-electron chi connectivity index (χ0n) is 9.10. The van der Waals surface area contributed by atoms with Crippen LogP contribution in [-0.4, -0.2) is 29.4 Å². The lowest BCUT2D eigenvalue weighted by Gasteiger charge is -2.19. The van der Waals surface area contributed by atoms with Gasteiger partial charge in [-0.1, -0.05) is 5.16 Å². The van der Waals surface area contributed by atoms with Crippen LogP contribution in [0.2, 0.25) is 0 Å². The van der Waals surface area contributed by atoms with Crippen molar-refractivity contribution in [2.45, 2.75) is 30.9 Å². The second-order valence-electron chi connectivity index (χ2n) is 4.05. The minimum Gasteiger partial charge on any atom is -0.332 e. The van der Waals surface area contributed by atoms with Crippen molar-refractivity contribution in [2.75, 3.05) is 13.1 Å². The van der Waals surface area contributed by atoms with Crippen LogP contribution in [-0.2, 0) is 5.92 Å². The third-order valence-corrected chi connectivity index (χ3v) is 2.77. The zero-order chi connectivity index (χ0) is 13.4. The minimum atomic E-state index is -5.73. The van der Waals surface area contributed by atoms with Gasteiger partial charge in [-0.05, 0) is 25.9 Å². The van der Waals surface area contributed by atoms with Crippen LogP contribution in [0.3, 0.4) is 0 Å². The third-order valence-electron chi connectivity index (χ3n) is 2.77. The number of alkyl halides is 5. The van der Waals surface area contributed by atoms with E-state index < -0.39 is 18.0 Å². The highest BCUT2D eigenvalue weighted by Gasteiger charge is 2.63. The molecule has 0 saturated carbocycles. The molecule has 0 unspecified atom stereocenters. The molecule has 0 spiro atoms. The van der Waals surface area contributed by atoms with Gasteiger partial charge in [0.15, 0.2) is 5.82 Å². The van der Waals surface area contributed by atoms with Crippen LogP contribution >= 0.6 is 0 Å². The summed E-state index contributed by atoms with van der Waals surface area (Å²) in [6.45, 7) is 1.29. The van der Waals surface area contributed by atoms with Crippen LogP contribution in [0.25, 0.3) is 0 Å². The Kier molecular flexibility index (Phi) is 3.26. The predicted octanol–water partition coefficient (Wildman–Crippen LogP) is 2.19. The molecule has 0 bridgehead atoms. The van der Waals surface area contributed by atoms with Gasteiger partial charge in [-0.15, -0.1) is 0 Å². The molecular weight excluding hydrogens is 261 g/mol. The highest BCUT2D eigenvalue weighted by atomic mass is 19.4. The quantitative estimate of drug-likeness (QED) is 0.838. The van der Waals surface area contributed by atoms with Gasteiger partial charge in [0.1, 0.15) is 0 Å². The summed E-state index contributed by atoms with van der Waals surface area (Å²) in [5, 5.41) is 6.26. The molecule has 2 rings (SSSR count). The molecule has 18 heavy (non-hydrogen) atoms. The van der Waals surface area contributed by atoms with Gasteiger partial charge in [0.2, 0.25) is 0 Å². The number of halogens is 5. The van der Waals surface area contributed by atoms with E-state index in [4.69, 9.17) is 0 Å². The minimum absolute atomic E-state index is 0.0876. The molecular formula is C9H10F5N3O. The molecule has 4 nitrogen and oxygen atoms in total. The van der Waals surface area contributed by atoms with E-state index in [-0.39, 0.29) is 11.7 Å². The van der Waals surface area contributed by atoms with E-state index >= 15 is 0 Å². The van der Waals surface area contributed by atoms with Gasteiger partial charge in [-0.2, -0.15) is 26.9 Å². The van der Waals surface area contributed by atoms with Gasteiger partial charge in [0.25, 0.3) is 0 Å². The van der Waals surface area contributed by atoms with Gasteiger partial charge in [0, 0.05) is 5.92 Å². The van der Waals surface area contributed by atoms with E-state index in [2.05, 4.69) is 20.0 Å². The van der Waals surface area contributed by atoms with E-state index in [1.807, 2.05) is 0 Å². The van der Waals surface area contributed by atoms with Crippen molar-refractivity contribution in [3.05, 3.63) is 11.7 Å². The lowest BCUT2D eigenvalue weighted by atomic mass is 9.98. The standard InChI is InChI=1S/C9H10F5N3O/c10-8(11,9(12,13)14)7-16-6(17-18-7)5-1-3-15-4-2-5/h5,15H,1-4H2. The molecule has 0 atom stereocenters. The maximum absolute atomic E-state index is 12.9. The smallest absolute Gasteiger partial charge is 0.332 e. The Balaban J connectivity index is 2.19. The van der Waals surface area contributed by atoms with Crippen molar-refractivity contribution in [1.29, 1.82) is 0 Å². The summed E-state index contributed by atoms with van der Waals surface area (Å²) in [5.74, 6) is -7.13. The Hall–Kier alpha value is -1.25. The van der Waals surface area contributed by atoms with Crippen LogP contribution in [0.1, 0.15) is 30.5 Å². The molecule has 1 aromatic heterocycles. The summed E-state index contributed by atoms with van der Waals surface area (Å²) in [4.78, 5) is 3.20. The summed E-state index contributed by atoms with van der Waals surface area (Å²) in [7, 11) is 0. The SMILES string of the molecule is FC(F)(F)C(F)(F)c1nc(C2CCNCC2)no1. The molecule has 1 saturated heterocycles. The Morgan fingerprint density at radius 2 is 1.72 bits per heavy atom. The summed E-state index contributed by atoms with van der Waals surface area (Å²) in [6, 6.07) is 0. The summed E-state index contributed by atoms with van der Waals surface area (Å²) < 4.78 is 66.1. The topological polar surface area (TPSA) is 51.0 Å². The number of hydrogen-bond donors (Lipinski definition) is 1. The molecule has 0 aliphatic carbocycles. The highest BCUT2D eigenvalue weighted by molar-refractivity contribution is 5.02. The van der Waals surface area contributed by atoms with Crippen molar-refractivity contribution in [2.24, 2.45) is 0 Å². The number of piperidine rings is 1. The van der Waals surface area contributed by atoms with Crippen molar-refractivity contribution in [3.8, 4) is 0 Å². The molecule has 9 heteroatoms. The molecule has 0 radical (unpaired) electrons. The largest absolute Gasteiger partial charge is 0.463 e. The predicted molar refractivity (Wildman–Crippen MR) is 49.1 cm³/mol. The first-order chi connectivity index (χ1) is 8.32. The van der Waals surface area contributed by atoms with E-state index in [0.29, 0.717) is 25.9 Å². The van der Waals surface area contributed by atoms with E-state index in [0.717, 1.165) is 0 Å². The molecule has 102 valence electrons. The average Bonchev–Trinajstić information content (AvgIpc) is 2.78. The summed E-state index contributed by atoms with van der Waals surface area (Å²) >= 11 is 0. The second kappa shape index (κ2) is 4.45. The Labute approximate surface area is 98.5 Å². The van der Waals surface area contributed by atoms with Gasteiger partial charge in [0.05, 0.1) is 0 Å². The molecule has 1 fully saturated rings. The van der Waals surface area contributed by atoms with Gasteiger partial charge < -0.3 is 9.84 Å². The van der Waals surface area contributed by atoms with Crippen molar-refractivity contribution in [3.63, 3.8) is 0 Å². The first kappa shape index (κ1) is 13.2. The third kappa shape index (κ3) is 2.31. The molecule has 0 aromatic carbocycles. The fourth-order valence-electron chi connectivity index (χ4n) is 1.73. The van der Waals surface area contributed by atoms with Gasteiger partial charge in [-0.25, -0.2) is 0 Å². The molecule has 1 N–H and O–H groups in total. The number of hydrogen-bond acceptors (Lipinski definition) is 4. The van der Waals surface area contributed by atoms with Crippen LogP contribution in [0.5, 0.6) is 0 Å². The lowest BCUT2D eigenvalue weighted by molar-refractivity contribution is -0.298. The van der Waals surface area contributed by atoms with Gasteiger partial charge in [-0.3, -0.25) is 0 Å². The van der Waals surface area contributed by atoms with Crippen molar-refractivity contribution < 1.29 is 26.5 Å². The maximum atomic E-state index is 12.9.